The van der Waals surface area contributed by atoms with E-state index in [9.17, 15) is 4.79 Å². The van der Waals surface area contributed by atoms with E-state index >= 15 is 0 Å². The van der Waals surface area contributed by atoms with Crippen molar-refractivity contribution < 1.29 is 9.53 Å². The van der Waals surface area contributed by atoms with E-state index in [1.54, 1.807) is 6.92 Å². The molecule has 1 aliphatic heterocycles. The van der Waals surface area contributed by atoms with Crippen molar-refractivity contribution in [1.29, 1.82) is 0 Å². The van der Waals surface area contributed by atoms with Crippen LogP contribution in [0.4, 0.5) is 0 Å². The van der Waals surface area contributed by atoms with Gasteiger partial charge in [0.05, 0.1) is 12.2 Å². The second-order valence-electron chi connectivity index (χ2n) is 5.20. The highest BCUT2D eigenvalue weighted by molar-refractivity contribution is 5.79. The molecule has 1 aromatic rings. The fourth-order valence-electron chi connectivity index (χ4n) is 2.61. The van der Waals surface area contributed by atoms with Gasteiger partial charge in [0.25, 0.3) is 0 Å². The summed E-state index contributed by atoms with van der Waals surface area (Å²) in [6, 6.07) is 10.2. The molecule has 2 rings (SSSR count). The largest absolute Gasteiger partial charge is 0.369 e. The minimum atomic E-state index is 0.0557. The SMILES string of the molecule is CC(=O)[C@H]1C[C@@H](c2ccccc2)O[C@H]1C(C)C. The zero-order chi connectivity index (χ0) is 12.4. The van der Waals surface area contributed by atoms with E-state index in [0.717, 1.165) is 6.42 Å². The summed E-state index contributed by atoms with van der Waals surface area (Å²) in [6.07, 6.45) is 0.970. The van der Waals surface area contributed by atoms with Gasteiger partial charge >= 0.3 is 0 Å². The molecule has 0 saturated carbocycles. The van der Waals surface area contributed by atoms with Gasteiger partial charge in [-0.1, -0.05) is 44.2 Å². The quantitative estimate of drug-likeness (QED) is 0.798. The molecule has 0 radical (unpaired) electrons. The number of hydrogen-bond donors (Lipinski definition) is 0. The van der Waals surface area contributed by atoms with Crippen LogP contribution in [0.25, 0.3) is 0 Å². The Bertz CT molecular complexity index is 383. The van der Waals surface area contributed by atoms with Crippen LogP contribution in [0, 0.1) is 11.8 Å². The minimum Gasteiger partial charge on any atom is -0.369 e. The number of benzene rings is 1. The van der Waals surface area contributed by atoms with Crippen molar-refractivity contribution in [1.82, 2.24) is 0 Å². The van der Waals surface area contributed by atoms with Crippen molar-refractivity contribution in [2.24, 2.45) is 11.8 Å². The number of ketones is 1. The van der Waals surface area contributed by atoms with Gasteiger partial charge in [0.15, 0.2) is 0 Å². The topological polar surface area (TPSA) is 26.3 Å². The number of Topliss-reactive ketones (excluding diaryl/α,β-unsaturated/α-hetero) is 1. The minimum absolute atomic E-state index is 0.0557. The number of hydrogen-bond acceptors (Lipinski definition) is 2. The summed E-state index contributed by atoms with van der Waals surface area (Å²) in [5.41, 5.74) is 1.18. The van der Waals surface area contributed by atoms with Gasteiger partial charge in [0.1, 0.15) is 5.78 Å². The molecule has 0 amide bonds. The van der Waals surface area contributed by atoms with E-state index in [1.807, 2.05) is 18.2 Å². The average molecular weight is 232 g/mol. The second-order valence-corrected chi connectivity index (χ2v) is 5.20. The lowest BCUT2D eigenvalue weighted by atomic mass is 9.88. The Labute approximate surface area is 103 Å². The molecule has 2 heteroatoms. The summed E-state index contributed by atoms with van der Waals surface area (Å²) in [5.74, 6) is 0.694. The zero-order valence-electron chi connectivity index (χ0n) is 10.7. The van der Waals surface area contributed by atoms with Crippen LogP contribution >= 0.6 is 0 Å². The summed E-state index contributed by atoms with van der Waals surface area (Å²) < 4.78 is 6.06. The smallest absolute Gasteiger partial charge is 0.135 e. The van der Waals surface area contributed by atoms with Gasteiger partial charge in [-0.3, -0.25) is 4.79 Å². The average Bonchev–Trinajstić information content (AvgIpc) is 2.75. The molecule has 0 aliphatic carbocycles. The molecule has 1 saturated heterocycles. The van der Waals surface area contributed by atoms with Crippen LogP contribution in [0.1, 0.15) is 38.9 Å². The normalized spacial score (nSPS) is 28.6. The highest BCUT2D eigenvalue weighted by Gasteiger charge is 2.39. The van der Waals surface area contributed by atoms with Crippen LogP contribution in [0.5, 0.6) is 0 Å². The maximum Gasteiger partial charge on any atom is 0.135 e. The Kier molecular flexibility index (Phi) is 3.63. The van der Waals surface area contributed by atoms with Gasteiger partial charge in [-0.15, -0.1) is 0 Å². The summed E-state index contributed by atoms with van der Waals surface area (Å²) in [7, 11) is 0. The van der Waals surface area contributed by atoms with E-state index < -0.39 is 0 Å². The number of carbonyl (C=O) groups excluding carboxylic acids is 1. The summed E-state index contributed by atoms with van der Waals surface area (Å²) >= 11 is 0. The Morgan fingerprint density at radius 1 is 1.29 bits per heavy atom. The van der Waals surface area contributed by atoms with Crippen molar-refractivity contribution >= 4 is 5.78 Å². The summed E-state index contributed by atoms with van der Waals surface area (Å²) in [6.45, 7) is 5.92. The fourth-order valence-corrected chi connectivity index (χ4v) is 2.61. The first-order valence-electron chi connectivity index (χ1n) is 6.30. The van der Waals surface area contributed by atoms with Gasteiger partial charge in [-0.05, 0) is 24.8 Å². The van der Waals surface area contributed by atoms with Crippen molar-refractivity contribution in [2.75, 3.05) is 0 Å². The molecule has 2 nitrogen and oxygen atoms in total. The van der Waals surface area contributed by atoms with E-state index in [0.29, 0.717) is 5.92 Å². The van der Waals surface area contributed by atoms with Crippen LogP contribution in [0.15, 0.2) is 30.3 Å². The van der Waals surface area contributed by atoms with Gasteiger partial charge in [0, 0.05) is 5.92 Å². The molecule has 1 heterocycles. The van der Waals surface area contributed by atoms with E-state index in [4.69, 9.17) is 4.74 Å². The van der Waals surface area contributed by atoms with Gasteiger partial charge in [0.2, 0.25) is 0 Å². The molecule has 0 spiro atoms. The monoisotopic (exact) mass is 232 g/mol. The first kappa shape index (κ1) is 12.3. The first-order valence-corrected chi connectivity index (χ1v) is 6.30. The molecule has 0 aromatic heterocycles. The zero-order valence-corrected chi connectivity index (χ0v) is 10.7. The molecule has 1 aromatic carbocycles. The van der Waals surface area contributed by atoms with E-state index in [1.165, 1.54) is 5.56 Å². The van der Waals surface area contributed by atoms with Crippen molar-refractivity contribution in [3.63, 3.8) is 0 Å². The van der Waals surface area contributed by atoms with Crippen LogP contribution in [-0.2, 0) is 9.53 Å². The first-order chi connectivity index (χ1) is 8.09. The third-order valence-electron chi connectivity index (χ3n) is 3.54. The standard InChI is InChI=1S/C15H20O2/c1-10(2)15-13(11(3)16)9-14(17-15)12-7-5-4-6-8-12/h4-8,10,13-15H,9H2,1-3H3/t13-,14+,15+/m1/s1. The molecule has 92 valence electrons. The van der Waals surface area contributed by atoms with Crippen LogP contribution in [0.3, 0.4) is 0 Å². The highest BCUT2D eigenvalue weighted by atomic mass is 16.5. The predicted molar refractivity (Wildman–Crippen MR) is 67.7 cm³/mol. The van der Waals surface area contributed by atoms with Crippen LogP contribution in [0.2, 0.25) is 0 Å². The Balaban J connectivity index is 2.17. The van der Waals surface area contributed by atoms with Crippen molar-refractivity contribution in [2.45, 2.75) is 39.4 Å². The fraction of sp³-hybridized carbons (Fsp3) is 0.533. The Hall–Kier alpha value is -1.15. The third kappa shape index (κ3) is 2.58. The molecule has 1 aliphatic rings. The number of carbonyl (C=O) groups is 1. The third-order valence-corrected chi connectivity index (χ3v) is 3.54. The predicted octanol–water partition coefficient (Wildman–Crippen LogP) is 3.38. The molecular formula is C15H20O2. The molecule has 17 heavy (non-hydrogen) atoms. The van der Waals surface area contributed by atoms with Crippen molar-refractivity contribution in [3.05, 3.63) is 35.9 Å². The highest BCUT2D eigenvalue weighted by Crippen LogP contribution is 2.40. The lowest BCUT2D eigenvalue weighted by Gasteiger charge is -2.20. The van der Waals surface area contributed by atoms with Gasteiger partial charge in [-0.2, -0.15) is 0 Å². The Morgan fingerprint density at radius 3 is 2.41 bits per heavy atom. The van der Waals surface area contributed by atoms with Crippen LogP contribution < -0.4 is 0 Å². The maximum absolute atomic E-state index is 11.7. The van der Waals surface area contributed by atoms with E-state index in [-0.39, 0.29) is 23.9 Å². The van der Waals surface area contributed by atoms with Crippen LogP contribution in [-0.4, -0.2) is 11.9 Å². The number of ether oxygens (including phenoxy) is 1. The lowest BCUT2D eigenvalue weighted by molar-refractivity contribution is -0.123. The molecule has 0 N–H and O–H groups in total. The molecular weight excluding hydrogens is 212 g/mol. The van der Waals surface area contributed by atoms with Crippen molar-refractivity contribution in [3.8, 4) is 0 Å². The molecule has 3 atom stereocenters. The Morgan fingerprint density at radius 2 is 1.94 bits per heavy atom. The molecule has 0 unspecified atom stereocenters. The molecule has 1 fully saturated rings. The van der Waals surface area contributed by atoms with Gasteiger partial charge < -0.3 is 4.74 Å². The molecule has 0 bridgehead atoms. The summed E-state index contributed by atoms with van der Waals surface area (Å²) in [5, 5.41) is 0. The number of rotatable bonds is 3. The lowest BCUT2D eigenvalue weighted by Crippen LogP contribution is -2.27. The second kappa shape index (κ2) is 5.01. The summed E-state index contributed by atoms with van der Waals surface area (Å²) in [4.78, 5) is 11.7. The van der Waals surface area contributed by atoms with E-state index in [2.05, 4.69) is 26.0 Å². The van der Waals surface area contributed by atoms with Gasteiger partial charge in [-0.25, -0.2) is 0 Å². The maximum atomic E-state index is 11.7.